The van der Waals surface area contributed by atoms with Gasteiger partial charge in [-0.15, -0.1) is 11.3 Å². The van der Waals surface area contributed by atoms with Crippen LogP contribution in [-0.4, -0.2) is 18.2 Å². The Labute approximate surface area is 176 Å². The van der Waals surface area contributed by atoms with Crippen molar-refractivity contribution in [2.45, 2.75) is 57.9 Å². The highest BCUT2D eigenvalue weighted by atomic mass is 32.1. The van der Waals surface area contributed by atoms with E-state index in [0.717, 1.165) is 23.3 Å². The molecular weight excluding hydrogens is 382 g/mol. The molecule has 0 aliphatic carbocycles. The van der Waals surface area contributed by atoms with Gasteiger partial charge in [-0.2, -0.15) is 5.26 Å². The van der Waals surface area contributed by atoms with Gasteiger partial charge in [0.15, 0.2) is 5.78 Å². The molecule has 29 heavy (non-hydrogen) atoms. The smallest absolute Gasteiger partial charge is 0.256 e. The number of thiophene rings is 1. The first-order valence-corrected chi connectivity index (χ1v) is 11.2. The summed E-state index contributed by atoms with van der Waals surface area (Å²) in [5.41, 5.74) is 1.95. The minimum atomic E-state index is -0.371. The van der Waals surface area contributed by atoms with E-state index >= 15 is 0 Å². The van der Waals surface area contributed by atoms with Gasteiger partial charge in [-0.3, -0.25) is 9.59 Å². The first kappa shape index (κ1) is 21.2. The Hall–Kier alpha value is -2.49. The van der Waals surface area contributed by atoms with Crippen LogP contribution in [0.25, 0.3) is 0 Å². The molecule has 6 heteroatoms. The number of benzene rings is 1. The predicted molar refractivity (Wildman–Crippen MR) is 116 cm³/mol. The number of amides is 1. The zero-order valence-electron chi connectivity index (χ0n) is 16.8. The van der Waals surface area contributed by atoms with Crippen molar-refractivity contribution in [1.82, 2.24) is 5.32 Å². The number of Topliss-reactive ketones (excluding diaryl/α,β-unsaturated/α-hetero) is 1. The maximum Gasteiger partial charge on any atom is 0.256 e. The number of unbranched alkanes of at least 4 members (excludes halogenated alkanes) is 4. The fourth-order valence-corrected chi connectivity index (χ4v) is 4.97. The summed E-state index contributed by atoms with van der Waals surface area (Å²) in [5, 5.41) is 16.4. The molecule has 0 saturated carbocycles. The van der Waals surface area contributed by atoms with Gasteiger partial charge in [0.2, 0.25) is 0 Å². The molecule has 0 radical (unpaired) electrons. The van der Waals surface area contributed by atoms with Crippen molar-refractivity contribution in [3.05, 3.63) is 51.9 Å². The lowest BCUT2D eigenvalue weighted by atomic mass is 9.95. The normalized spacial score (nSPS) is 15.4. The summed E-state index contributed by atoms with van der Waals surface area (Å²) < 4.78 is 0. The SMILES string of the molecule is CCCCCCCC(=O)C1NCCc2c1sc(NC(=O)c1ccccc1)c2C#N. The van der Waals surface area contributed by atoms with Crippen molar-refractivity contribution < 1.29 is 9.59 Å². The van der Waals surface area contributed by atoms with E-state index in [0.29, 0.717) is 35.5 Å². The van der Waals surface area contributed by atoms with E-state index in [9.17, 15) is 14.9 Å². The lowest BCUT2D eigenvalue weighted by Gasteiger charge is -2.23. The highest BCUT2D eigenvalue weighted by Gasteiger charge is 2.31. The fraction of sp³-hybridized carbons (Fsp3) is 0.435. The molecular formula is C23H27N3O2S. The second kappa shape index (κ2) is 10.3. The Morgan fingerprint density at radius 1 is 1.21 bits per heavy atom. The van der Waals surface area contributed by atoms with E-state index in [1.54, 1.807) is 24.3 Å². The largest absolute Gasteiger partial charge is 0.312 e. The van der Waals surface area contributed by atoms with Crippen molar-refractivity contribution in [2.24, 2.45) is 0 Å². The summed E-state index contributed by atoms with van der Waals surface area (Å²) in [7, 11) is 0. The third-order valence-electron chi connectivity index (χ3n) is 5.25. The Balaban J connectivity index is 1.75. The molecule has 1 amide bonds. The average Bonchev–Trinajstić information content (AvgIpc) is 3.10. The predicted octanol–water partition coefficient (Wildman–Crippen LogP) is 4.99. The molecule has 0 saturated heterocycles. The summed E-state index contributed by atoms with van der Waals surface area (Å²) in [5.74, 6) is -0.0680. The van der Waals surface area contributed by atoms with Crippen molar-refractivity contribution in [3.63, 3.8) is 0 Å². The fourth-order valence-electron chi connectivity index (χ4n) is 3.68. The zero-order chi connectivity index (χ0) is 20.6. The number of fused-ring (bicyclic) bond motifs is 1. The molecule has 2 heterocycles. The topological polar surface area (TPSA) is 82.0 Å². The van der Waals surface area contributed by atoms with Crippen LogP contribution in [0, 0.1) is 11.3 Å². The highest BCUT2D eigenvalue weighted by molar-refractivity contribution is 7.17. The second-order valence-corrected chi connectivity index (χ2v) is 8.40. The number of anilines is 1. The van der Waals surface area contributed by atoms with E-state index in [1.807, 2.05) is 6.07 Å². The van der Waals surface area contributed by atoms with Gasteiger partial charge in [-0.1, -0.05) is 50.8 Å². The lowest BCUT2D eigenvalue weighted by Crippen LogP contribution is -2.34. The molecule has 2 N–H and O–H groups in total. The van der Waals surface area contributed by atoms with Crippen LogP contribution in [0.15, 0.2) is 30.3 Å². The number of carbonyl (C=O) groups is 2. The standard InChI is InChI=1S/C23H27N3O2S/c1-2-3-4-5-9-12-19(27)20-21-17(13-14-25-20)18(15-24)23(29-21)26-22(28)16-10-7-6-8-11-16/h6-8,10-11,20,25H,2-5,9,12-14H2,1H3,(H,26,28). The van der Waals surface area contributed by atoms with Crippen LogP contribution in [0.1, 0.15) is 77.9 Å². The number of rotatable bonds is 9. The van der Waals surface area contributed by atoms with Crippen LogP contribution in [-0.2, 0) is 11.2 Å². The van der Waals surface area contributed by atoms with Gasteiger partial charge in [-0.25, -0.2) is 0 Å². The average molecular weight is 410 g/mol. The van der Waals surface area contributed by atoms with Crippen LogP contribution in [0.2, 0.25) is 0 Å². The minimum absolute atomic E-state index is 0.175. The number of nitrogens with zero attached hydrogens (tertiary/aromatic N) is 1. The molecule has 152 valence electrons. The summed E-state index contributed by atoms with van der Waals surface area (Å²) in [6.45, 7) is 2.84. The molecule has 1 aromatic carbocycles. The molecule has 0 fully saturated rings. The van der Waals surface area contributed by atoms with Crippen LogP contribution < -0.4 is 10.6 Å². The molecule has 1 aromatic heterocycles. The molecule has 1 unspecified atom stereocenters. The van der Waals surface area contributed by atoms with Crippen molar-refractivity contribution in [3.8, 4) is 6.07 Å². The Kier molecular flexibility index (Phi) is 7.56. The molecule has 5 nitrogen and oxygen atoms in total. The van der Waals surface area contributed by atoms with Gasteiger partial charge in [0.05, 0.1) is 5.56 Å². The maximum absolute atomic E-state index is 12.8. The van der Waals surface area contributed by atoms with Gasteiger partial charge < -0.3 is 10.6 Å². The van der Waals surface area contributed by atoms with Crippen LogP contribution in [0.4, 0.5) is 5.00 Å². The number of ketones is 1. The van der Waals surface area contributed by atoms with Crippen LogP contribution in [0.5, 0.6) is 0 Å². The number of nitrogens with one attached hydrogen (secondary N) is 2. The first-order chi connectivity index (χ1) is 14.2. The van der Waals surface area contributed by atoms with Gasteiger partial charge in [0.25, 0.3) is 5.91 Å². The van der Waals surface area contributed by atoms with Gasteiger partial charge in [0, 0.05) is 23.4 Å². The summed E-state index contributed by atoms with van der Waals surface area (Å²) in [6.07, 6.45) is 6.78. The summed E-state index contributed by atoms with van der Waals surface area (Å²) >= 11 is 1.36. The Bertz CT molecular complexity index is 899. The molecule has 1 atom stereocenters. The molecule has 0 bridgehead atoms. The van der Waals surface area contributed by atoms with Gasteiger partial charge >= 0.3 is 0 Å². The molecule has 1 aliphatic heterocycles. The summed E-state index contributed by atoms with van der Waals surface area (Å²) in [6, 6.07) is 10.8. The van der Waals surface area contributed by atoms with Gasteiger partial charge in [-0.05, 0) is 30.5 Å². The van der Waals surface area contributed by atoms with E-state index in [4.69, 9.17) is 0 Å². The molecule has 0 spiro atoms. The third kappa shape index (κ3) is 5.11. The number of nitriles is 1. The van der Waals surface area contributed by atoms with E-state index in [-0.39, 0.29) is 17.7 Å². The highest BCUT2D eigenvalue weighted by Crippen LogP contribution is 2.40. The van der Waals surface area contributed by atoms with E-state index in [1.165, 1.54) is 30.6 Å². The maximum atomic E-state index is 12.8. The summed E-state index contributed by atoms with van der Waals surface area (Å²) in [4.78, 5) is 26.2. The van der Waals surface area contributed by atoms with Gasteiger partial charge in [0.1, 0.15) is 17.1 Å². The number of carbonyl (C=O) groups excluding carboxylic acids is 2. The minimum Gasteiger partial charge on any atom is -0.312 e. The van der Waals surface area contributed by atoms with Crippen molar-refractivity contribution in [1.29, 1.82) is 5.26 Å². The van der Waals surface area contributed by atoms with Crippen molar-refractivity contribution in [2.75, 3.05) is 11.9 Å². The number of hydrogen-bond acceptors (Lipinski definition) is 5. The van der Waals surface area contributed by atoms with Crippen molar-refractivity contribution >= 4 is 28.0 Å². The monoisotopic (exact) mass is 409 g/mol. The molecule has 3 rings (SSSR count). The Morgan fingerprint density at radius 3 is 2.69 bits per heavy atom. The molecule has 1 aliphatic rings. The second-order valence-electron chi connectivity index (χ2n) is 7.35. The zero-order valence-corrected chi connectivity index (χ0v) is 17.6. The molecule has 2 aromatic rings. The van der Waals surface area contributed by atoms with E-state index in [2.05, 4.69) is 23.6 Å². The first-order valence-electron chi connectivity index (χ1n) is 10.3. The van der Waals surface area contributed by atoms with Crippen LogP contribution in [0.3, 0.4) is 0 Å². The number of hydrogen-bond donors (Lipinski definition) is 2. The van der Waals surface area contributed by atoms with Crippen LogP contribution >= 0.6 is 11.3 Å². The Morgan fingerprint density at radius 2 is 1.97 bits per heavy atom. The third-order valence-corrected chi connectivity index (χ3v) is 6.46. The lowest BCUT2D eigenvalue weighted by molar-refractivity contribution is -0.121. The quantitative estimate of drug-likeness (QED) is 0.572. The van der Waals surface area contributed by atoms with E-state index < -0.39 is 0 Å².